The average molecular weight is 215 g/mol. The van der Waals surface area contributed by atoms with Crippen LogP contribution in [0.1, 0.15) is 0 Å². The van der Waals surface area contributed by atoms with E-state index < -0.39 is 7.12 Å². The molecular weight excluding hydrogens is 205 g/mol. The van der Waals surface area contributed by atoms with Crippen molar-refractivity contribution in [2.24, 2.45) is 0 Å². The van der Waals surface area contributed by atoms with Crippen LogP contribution in [0.2, 0.25) is 0 Å². The lowest BCUT2D eigenvalue weighted by Gasteiger charge is -2.06. The summed E-state index contributed by atoms with van der Waals surface area (Å²) in [6, 6.07) is 10.7. The normalized spacial score (nSPS) is 9.88. The maximum absolute atomic E-state index is 8.97. The lowest BCUT2D eigenvalue weighted by molar-refractivity contribution is 0.424. The molecule has 0 amide bonds. The molecule has 16 heavy (non-hydrogen) atoms. The van der Waals surface area contributed by atoms with Gasteiger partial charge < -0.3 is 14.8 Å². The summed E-state index contributed by atoms with van der Waals surface area (Å²) in [6.07, 6.45) is 2.89. The molecule has 5 heteroatoms. The van der Waals surface area contributed by atoms with Crippen molar-refractivity contribution in [2.75, 3.05) is 0 Å². The molecule has 4 nitrogen and oxygen atoms in total. The summed E-state index contributed by atoms with van der Waals surface area (Å²) in [6.45, 7) is 0. The Kier molecular flexibility index (Phi) is 3.19. The van der Waals surface area contributed by atoms with Crippen LogP contribution in [0.5, 0.6) is 11.5 Å². The van der Waals surface area contributed by atoms with E-state index in [-0.39, 0.29) is 0 Å². The monoisotopic (exact) mass is 215 g/mol. The molecule has 2 aromatic rings. The van der Waals surface area contributed by atoms with Gasteiger partial charge in [0.15, 0.2) is 0 Å². The fourth-order valence-electron chi connectivity index (χ4n) is 1.26. The van der Waals surface area contributed by atoms with Gasteiger partial charge in [-0.05, 0) is 18.2 Å². The van der Waals surface area contributed by atoms with E-state index in [2.05, 4.69) is 4.98 Å². The Balaban J connectivity index is 2.19. The smallest absolute Gasteiger partial charge is 0.456 e. The van der Waals surface area contributed by atoms with Crippen molar-refractivity contribution in [3.8, 4) is 11.5 Å². The highest BCUT2D eigenvalue weighted by molar-refractivity contribution is 6.58. The highest BCUT2D eigenvalue weighted by atomic mass is 16.5. The Morgan fingerprint density at radius 1 is 1.00 bits per heavy atom. The highest BCUT2D eigenvalue weighted by Crippen LogP contribution is 2.18. The minimum Gasteiger partial charge on any atom is -0.456 e. The Bertz CT molecular complexity index is 462. The lowest BCUT2D eigenvalue weighted by Crippen LogP contribution is -2.29. The van der Waals surface area contributed by atoms with Crippen LogP contribution in [0, 0.1) is 0 Å². The highest BCUT2D eigenvalue weighted by Gasteiger charge is 2.12. The topological polar surface area (TPSA) is 62.6 Å². The Labute approximate surface area is 93.3 Å². The van der Waals surface area contributed by atoms with E-state index in [0.29, 0.717) is 17.0 Å². The molecule has 80 valence electrons. The summed E-state index contributed by atoms with van der Waals surface area (Å²) >= 11 is 0. The van der Waals surface area contributed by atoms with Crippen molar-refractivity contribution in [1.82, 2.24) is 4.98 Å². The molecule has 1 aromatic heterocycles. The third-order valence-electron chi connectivity index (χ3n) is 2.01. The third kappa shape index (κ3) is 2.59. The van der Waals surface area contributed by atoms with Gasteiger partial charge in [-0.3, -0.25) is 4.98 Å². The quantitative estimate of drug-likeness (QED) is 0.734. The van der Waals surface area contributed by atoms with Crippen LogP contribution in [0.15, 0.2) is 48.8 Å². The van der Waals surface area contributed by atoms with Gasteiger partial charge in [-0.1, -0.05) is 18.2 Å². The third-order valence-corrected chi connectivity index (χ3v) is 2.01. The molecule has 0 unspecified atom stereocenters. The van der Waals surface area contributed by atoms with Gasteiger partial charge in [-0.25, -0.2) is 0 Å². The second kappa shape index (κ2) is 4.78. The lowest BCUT2D eigenvalue weighted by atomic mass is 9.82. The van der Waals surface area contributed by atoms with Crippen LogP contribution in [-0.2, 0) is 0 Å². The molecule has 0 atom stereocenters. The number of rotatable bonds is 3. The number of nitrogens with zero attached hydrogens (tertiary/aromatic N) is 1. The first-order valence-corrected chi connectivity index (χ1v) is 4.80. The second-order valence-corrected chi connectivity index (χ2v) is 3.24. The number of ether oxygens (including phenoxy) is 1. The van der Waals surface area contributed by atoms with E-state index in [9.17, 15) is 0 Å². The van der Waals surface area contributed by atoms with Crippen LogP contribution in [0.25, 0.3) is 0 Å². The number of hydrogen-bond donors (Lipinski definition) is 2. The molecular formula is C11H10BNO3. The van der Waals surface area contributed by atoms with Gasteiger partial charge in [0.2, 0.25) is 0 Å². The summed E-state index contributed by atoms with van der Waals surface area (Å²) < 4.78 is 5.48. The van der Waals surface area contributed by atoms with Gasteiger partial charge in [-0.2, -0.15) is 0 Å². The minimum atomic E-state index is -1.54. The maximum Gasteiger partial charge on any atom is 0.490 e. The van der Waals surface area contributed by atoms with Gasteiger partial charge in [0.1, 0.15) is 11.5 Å². The molecule has 1 aromatic carbocycles. The van der Waals surface area contributed by atoms with E-state index in [1.54, 1.807) is 0 Å². The van der Waals surface area contributed by atoms with Crippen molar-refractivity contribution in [2.45, 2.75) is 0 Å². The van der Waals surface area contributed by atoms with Crippen molar-refractivity contribution < 1.29 is 14.8 Å². The molecule has 0 spiro atoms. The van der Waals surface area contributed by atoms with Crippen LogP contribution < -0.4 is 10.2 Å². The minimum absolute atomic E-state index is 0.299. The molecule has 2 rings (SSSR count). The van der Waals surface area contributed by atoms with Crippen molar-refractivity contribution in [3.63, 3.8) is 0 Å². The molecule has 0 aliphatic heterocycles. The van der Waals surface area contributed by atoms with Gasteiger partial charge in [0, 0.05) is 11.7 Å². The summed E-state index contributed by atoms with van der Waals surface area (Å²) in [5, 5.41) is 17.9. The molecule has 0 fully saturated rings. The fraction of sp³-hybridized carbons (Fsp3) is 0. The first kappa shape index (κ1) is 10.7. The van der Waals surface area contributed by atoms with Crippen molar-refractivity contribution in [3.05, 3.63) is 48.8 Å². The molecule has 0 radical (unpaired) electrons. The molecule has 1 heterocycles. The van der Waals surface area contributed by atoms with Crippen LogP contribution in [0.3, 0.4) is 0 Å². The van der Waals surface area contributed by atoms with Gasteiger partial charge in [0.25, 0.3) is 0 Å². The number of benzene rings is 1. The number of para-hydroxylation sites is 1. The van der Waals surface area contributed by atoms with E-state index >= 15 is 0 Å². The summed E-state index contributed by atoms with van der Waals surface area (Å²) in [4.78, 5) is 3.86. The largest absolute Gasteiger partial charge is 0.490 e. The molecule has 0 saturated heterocycles. The zero-order valence-electron chi connectivity index (χ0n) is 8.45. The van der Waals surface area contributed by atoms with E-state index in [1.165, 1.54) is 18.5 Å². The van der Waals surface area contributed by atoms with Crippen molar-refractivity contribution >= 4 is 12.6 Å². The van der Waals surface area contributed by atoms with Gasteiger partial charge in [-0.15, -0.1) is 0 Å². The van der Waals surface area contributed by atoms with Crippen LogP contribution in [-0.4, -0.2) is 22.2 Å². The SMILES string of the molecule is OB(O)c1cncc(Oc2ccccc2)c1. The van der Waals surface area contributed by atoms with Gasteiger partial charge in [0.05, 0.1) is 6.20 Å². The summed E-state index contributed by atoms with van der Waals surface area (Å²) in [5.41, 5.74) is 0.299. The fourth-order valence-corrected chi connectivity index (χ4v) is 1.26. The number of pyridine rings is 1. The average Bonchev–Trinajstić information content (AvgIpc) is 2.30. The molecule has 0 bridgehead atoms. The molecule has 0 aliphatic carbocycles. The number of hydrogen-bond acceptors (Lipinski definition) is 4. The zero-order chi connectivity index (χ0) is 11.4. The number of aromatic nitrogens is 1. The molecule has 0 saturated carbocycles. The first-order chi connectivity index (χ1) is 7.75. The summed E-state index contributed by atoms with van der Waals surface area (Å²) in [5.74, 6) is 1.14. The predicted octanol–water partition coefficient (Wildman–Crippen LogP) is 0.554. The van der Waals surface area contributed by atoms with E-state index in [4.69, 9.17) is 14.8 Å². The second-order valence-electron chi connectivity index (χ2n) is 3.24. The predicted molar refractivity (Wildman–Crippen MR) is 60.6 cm³/mol. The first-order valence-electron chi connectivity index (χ1n) is 4.80. The van der Waals surface area contributed by atoms with Crippen LogP contribution >= 0.6 is 0 Å². The van der Waals surface area contributed by atoms with E-state index in [0.717, 1.165) is 0 Å². The molecule has 2 N–H and O–H groups in total. The van der Waals surface area contributed by atoms with Crippen LogP contribution in [0.4, 0.5) is 0 Å². The maximum atomic E-state index is 8.97. The standard InChI is InChI=1S/C11H10BNO3/c14-12(15)9-6-11(8-13-7-9)16-10-4-2-1-3-5-10/h1-8,14-15H. The Hall–Kier alpha value is -1.85. The summed E-state index contributed by atoms with van der Waals surface area (Å²) in [7, 11) is -1.54. The van der Waals surface area contributed by atoms with Gasteiger partial charge >= 0.3 is 7.12 Å². The van der Waals surface area contributed by atoms with E-state index in [1.807, 2.05) is 30.3 Å². The van der Waals surface area contributed by atoms with Crippen molar-refractivity contribution in [1.29, 1.82) is 0 Å². The zero-order valence-corrected chi connectivity index (χ0v) is 8.45. The Morgan fingerprint density at radius 3 is 2.44 bits per heavy atom. The Morgan fingerprint density at radius 2 is 1.75 bits per heavy atom. The molecule has 0 aliphatic rings.